The fraction of sp³-hybridized carbons (Fsp3) is 0.357. The molecule has 2 aliphatic rings. The predicted octanol–water partition coefficient (Wildman–Crippen LogP) is 5.40. The van der Waals surface area contributed by atoms with Crippen LogP contribution in [0.5, 0.6) is 5.75 Å². The standard InChI is InChI=1S/C28H30ClN3O3S/c1-19-12-26-24(14-23(19)29)32(28(34)17-35-26)16-27(33)30(2)25(15-31-9-3-4-10-31)21-7-5-6-20(13-21)22-8-11-36-18-22/h5-8,11-14,18,25H,3-4,9-10,15-17H2,1-2H3. The lowest BCUT2D eigenvalue weighted by Crippen LogP contribution is -2.47. The highest BCUT2D eigenvalue weighted by Crippen LogP contribution is 2.37. The zero-order valence-corrected chi connectivity index (χ0v) is 22.1. The molecule has 0 aliphatic carbocycles. The van der Waals surface area contributed by atoms with Crippen molar-refractivity contribution in [1.29, 1.82) is 0 Å². The van der Waals surface area contributed by atoms with E-state index in [1.807, 2.05) is 20.0 Å². The highest BCUT2D eigenvalue weighted by atomic mass is 35.5. The van der Waals surface area contributed by atoms with Crippen molar-refractivity contribution in [2.75, 3.05) is 44.7 Å². The fourth-order valence-electron chi connectivity index (χ4n) is 4.93. The normalized spacial score (nSPS) is 16.5. The first-order chi connectivity index (χ1) is 17.4. The maximum atomic E-state index is 13.7. The lowest BCUT2D eigenvalue weighted by Gasteiger charge is -2.35. The summed E-state index contributed by atoms with van der Waals surface area (Å²) in [5.74, 6) is 0.196. The van der Waals surface area contributed by atoms with Gasteiger partial charge in [-0.15, -0.1) is 0 Å². The van der Waals surface area contributed by atoms with E-state index in [0.29, 0.717) is 16.5 Å². The van der Waals surface area contributed by atoms with Crippen molar-refractivity contribution in [2.24, 2.45) is 0 Å². The molecule has 1 saturated heterocycles. The van der Waals surface area contributed by atoms with Crippen molar-refractivity contribution < 1.29 is 14.3 Å². The molecule has 6 nitrogen and oxygen atoms in total. The molecule has 2 aromatic carbocycles. The molecule has 36 heavy (non-hydrogen) atoms. The smallest absolute Gasteiger partial charge is 0.265 e. The number of rotatable bonds is 7. The molecule has 2 aliphatic heterocycles. The molecule has 1 unspecified atom stereocenters. The summed E-state index contributed by atoms with van der Waals surface area (Å²) >= 11 is 8.02. The summed E-state index contributed by atoms with van der Waals surface area (Å²) in [5.41, 5.74) is 4.82. The van der Waals surface area contributed by atoms with Gasteiger partial charge in [0.05, 0.1) is 11.7 Å². The van der Waals surface area contributed by atoms with Gasteiger partial charge in [0.25, 0.3) is 5.91 Å². The van der Waals surface area contributed by atoms with E-state index in [9.17, 15) is 9.59 Å². The summed E-state index contributed by atoms with van der Waals surface area (Å²) < 4.78 is 5.62. The maximum Gasteiger partial charge on any atom is 0.265 e. The summed E-state index contributed by atoms with van der Waals surface area (Å²) in [7, 11) is 1.84. The minimum Gasteiger partial charge on any atom is -0.482 e. The van der Waals surface area contributed by atoms with Crippen LogP contribution in [0, 0.1) is 6.92 Å². The van der Waals surface area contributed by atoms with E-state index in [2.05, 4.69) is 46.0 Å². The van der Waals surface area contributed by atoms with Crippen molar-refractivity contribution in [3.63, 3.8) is 0 Å². The third kappa shape index (κ3) is 5.14. The molecule has 0 spiro atoms. The molecule has 1 fully saturated rings. The number of nitrogens with zero attached hydrogens (tertiary/aromatic N) is 3. The van der Waals surface area contributed by atoms with E-state index in [-0.39, 0.29) is 31.0 Å². The van der Waals surface area contributed by atoms with Gasteiger partial charge in [0.2, 0.25) is 5.91 Å². The second kappa shape index (κ2) is 10.6. The zero-order valence-electron chi connectivity index (χ0n) is 20.6. The number of likely N-dealkylation sites (tertiary alicyclic amines) is 1. The highest BCUT2D eigenvalue weighted by Gasteiger charge is 2.32. The number of fused-ring (bicyclic) bond motifs is 1. The van der Waals surface area contributed by atoms with Crippen LogP contribution in [0.2, 0.25) is 5.02 Å². The summed E-state index contributed by atoms with van der Waals surface area (Å²) in [6.45, 7) is 4.56. The van der Waals surface area contributed by atoms with Gasteiger partial charge in [0.15, 0.2) is 6.61 Å². The molecule has 8 heteroatoms. The average Bonchev–Trinajstić information content (AvgIpc) is 3.60. The van der Waals surface area contributed by atoms with Crippen LogP contribution in [0.15, 0.2) is 53.2 Å². The number of hydrogen-bond acceptors (Lipinski definition) is 5. The Balaban J connectivity index is 1.42. The van der Waals surface area contributed by atoms with Crippen molar-refractivity contribution >= 4 is 40.4 Å². The van der Waals surface area contributed by atoms with Crippen LogP contribution in [0.1, 0.15) is 30.0 Å². The molecule has 2 amide bonds. The number of hydrogen-bond donors (Lipinski definition) is 0. The summed E-state index contributed by atoms with van der Waals surface area (Å²) in [6.07, 6.45) is 2.36. The van der Waals surface area contributed by atoms with Gasteiger partial charge < -0.3 is 14.5 Å². The molecule has 0 saturated carbocycles. The Hall–Kier alpha value is -2.87. The monoisotopic (exact) mass is 523 g/mol. The van der Waals surface area contributed by atoms with Crippen LogP contribution in [0.3, 0.4) is 0 Å². The minimum absolute atomic E-state index is 0.0637. The third-order valence-corrected chi connectivity index (χ3v) is 8.18. The lowest BCUT2D eigenvalue weighted by atomic mass is 9.99. The van der Waals surface area contributed by atoms with Gasteiger partial charge in [-0.05, 0) is 90.1 Å². The van der Waals surface area contributed by atoms with E-state index in [0.717, 1.165) is 36.3 Å². The number of aryl methyl sites for hydroxylation is 1. The SMILES string of the molecule is Cc1cc2c(cc1Cl)N(CC(=O)N(C)C(CN1CCCC1)c1cccc(-c3ccsc3)c1)C(=O)CO2. The van der Waals surface area contributed by atoms with Crippen molar-refractivity contribution in [3.05, 3.63) is 69.4 Å². The van der Waals surface area contributed by atoms with Gasteiger partial charge in [0.1, 0.15) is 12.3 Å². The molecular weight excluding hydrogens is 494 g/mol. The predicted molar refractivity (Wildman–Crippen MR) is 145 cm³/mol. The average molecular weight is 524 g/mol. The van der Waals surface area contributed by atoms with E-state index in [4.69, 9.17) is 16.3 Å². The maximum absolute atomic E-state index is 13.7. The van der Waals surface area contributed by atoms with Gasteiger partial charge >= 0.3 is 0 Å². The first-order valence-electron chi connectivity index (χ1n) is 12.2. The molecule has 1 atom stereocenters. The van der Waals surface area contributed by atoms with Gasteiger partial charge in [-0.1, -0.05) is 29.8 Å². The van der Waals surface area contributed by atoms with E-state index < -0.39 is 0 Å². The Kier molecular flexibility index (Phi) is 7.32. The lowest BCUT2D eigenvalue weighted by molar-refractivity contribution is -0.133. The molecule has 3 aromatic rings. The topological polar surface area (TPSA) is 53.1 Å². The third-order valence-electron chi connectivity index (χ3n) is 7.09. The molecule has 188 valence electrons. The van der Waals surface area contributed by atoms with Crippen molar-refractivity contribution in [2.45, 2.75) is 25.8 Å². The van der Waals surface area contributed by atoms with Crippen LogP contribution in [-0.4, -0.2) is 61.4 Å². The minimum atomic E-state index is -0.250. The number of halogens is 1. The molecule has 0 radical (unpaired) electrons. The van der Waals surface area contributed by atoms with E-state index in [1.54, 1.807) is 22.3 Å². The quantitative estimate of drug-likeness (QED) is 0.416. The number of anilines is 1. The van der Waals surface area contributed by atoms with Crippen LogP contribution >= 0.6 is 22.9 Å². The Bertz CT molecular complexity index is 1260. The number of thiophene rings is 1. The van der Waals surface area contributed by atoms with E-state index in [1.165, 1.54) is 23.3 Å². The summed E-state index contributed by atoms with van der Waals surface area (Å²) in [6, 6.07) is 14.0. The number of ether oxygens (including phenoxy) is 1. The fourth-order valence-corrected chi connectivity index (χ4v) is 5.76. The Morgan fingerprint density at radius 2 is 1.97 bits per heavy atom. The molecule has 0 bridgehead atoms. The first kappa shape index (κ1) is 24.8. The van der Waals surface area contributed by atoms with Crippen molar-refractivity contribution in [3.8, 4) is 16.9 Å². The van der Waals surface area contributed by atoms with Crippen LogP contribution in [-0.2, 0) is 9.59 Å². The Labute approximate surface area is 221 Å². The number of benzene rings is 2. The molecular formula is C28H30ClN3O3S. The number of carbonyl (C=O) groups is 2. The second-order valence-electron chi connectivity index (χ2n) is 9.50. The highest BCUT2D eigenvalue weighted by molar-refractivity contribution is 7.08. The second-order valence-corrected chi connectivity index (χ2v) is 10.7. The molecule has 3 heterocycles. The zero-order chi connectivity index (χ0) is 25.2. The summed E-state index contributed by atoms with van der Waals surface area (Å²) in [5, 5.41) is 4.75. The van der Waals surface area contributed by atoms with Gasteiger partial charge in [-0.2, -0.15) is 11.3 Å². The van der Waals surface area contributed by atoms with Crippen LogP contribution in [0.25, 0.3) is 11.1 Å². The Morgan fingerprint density at radius 1 is 1.17 bits per heavy atom. The van der Waals surface area contributed by atoms with Gasteiger partial charge in [-0.25, -0.2) is 0 Å². The van der Waals surface area contributed by atoms with Crippen molar-refractivity contribution in [1.82, 2.24) is 9.80 Å². The largest absolute Gasteiger partial charge is 0.482 e. The number of likely N-dealkylation sites (N-methyl/N-ethyl adjacent to an activating group) is 1. The number of carbonyl (C=O) groups excluding carboxylic acids is 2. The molecule has 0 N–H and O–H groups in total. The Morgan fingerprint density at radius 3 is 2.72 bits per heavy atom. The van der Waals surface area contributed by atoms with Crippen LogP contribution in [0.4, 0.5) is 5.69 Å². The number of amides is 2. The van der Waals surface area contributed by atoms with Gasteiger partial charge in [-0.3, -0.25) is 14.5 Å². The molecule has 5 rings (SSSR count). The van der Waals surface area contributed by atoms with E-state index >= 15 is 0 Å². The van der Waals surface area contributed by atoms with Crippen LogP contribution < -0.4 is 9.64 Å². The molecule has 1 aromatic heterocycles. The first-order valence-corrected chi connectivity index (χ1v) is 13.6. The summed E-state index contributed by atoms with van der Waals surface area (Å²) in [4.78, 5) is 32.2. The van der Waals surface area contributed by atoms with Gasteiger partial charge in [0, 0.05) is 18.6 Å².